The number of nitrogens with one attached hydrogen (secondary N) is 1. The maximum Gasteiger partial charge on any atom is 0.313 e. The van der Waals surface area contributed by atoms with Crippen LogP contribution < -0.4 is 5.32 Å². The van der Waals surface area contributed by atoms with Crippen molar-refractivity contribution >= 4 is 17.7 Å². The number of ketones is 1. The van der Waals surface area contributed by atoms with Crippen molar-refractivity contribution in [3.63, 3.8) is 0 Å². The Morgan fingerprint density at radius 3 is 2.16 bits per heavy atom. The van der Waals surface area contributed by atoms with Gasteiger partial charge in [0.2, 0.25) is 5.91 Å². The Bertz CT molecular complexity index is 713. The lowest BCUT2D eigenvalue weighted by Crippen LogP contribution is -2.35. The molecule has 0 aliphatic rings. The van der Waals surface area contributed by atoms with Gasteiger partial charge in [0.15, 0.2) is 5.78 Å². The van der Waals surface area contributed by atoms with Gasteiger partial charge in [0.25, 0.3) is 0 Å². The summed E-state index contributed by atoms with van der Waals surface area (Å²) in [6, 6.07) is 17.3. The summed E-state index contributed by atoms with van der Waals surface area (Å²) in [5, 5.41) is 2.73. The van der Waals surface area contributed by atoms with Crippen LogP contribution in [-0.4, -0.2) is 24.3 Å². The molecule has 1 amide bonds. The second-order valence-corrected chi connectivity index (χ2v) is 5.52. The molecule has 0 aliphatic carbocycles. The average Bonchev–Trinajstić information content (AvgIpc) is 2.61. The number of hydrogen-bond acceptors (Lipinski definition) is 4. The maximum absolute atomic E-state index is 12.5. The summed E-state index contributed by atoms with van der Waals surface area (Å²) in [4.78, 5) is 36.4. The molecule has 5 heteroatoms. The highest BCUT2D eigenvalue weighted by Gasteiger charge is 2.25. The molecule has 2 aromatic rings. The van der Waals surface area contributed by atoms with E-state index in [1.165, 1.54) is 0 Å². The number of amides is 1. The van der Waals surface area contributed by atoms with Gasteiger partial charge >= 0.3 is 5.97 Å². The molecule has 0 bridgehead atoms. The van der Waals surface area contributed by atoms with Crippen LogP contribution in [0.5, 0.6) is 0 Å². The third-order valence-electron chi connectivity index (χ3n) is 3.59. The van der Waals surface area contributed by atoms with E-state index in [2.05, 4.69) is 5.32 Å². The zero-order valence-corrected chi connectivity index (χ0v) is 14.1. The van der Waals surface area contributed by atoms with Crippen LogP contribution in [0, 0.1) is 0 Å². The number of benzene rings is 2. The molecular formula is C20H21NO4. The first-order valence-electron chi connectivity index (χ1n) is 8.16. The first-order valence-corrected chi connectivity index (χ1v) is 8.16. The van der Waals surface area contributed by atoms with E-state index < -0.39 is 17.8 Å². The Morgan fingerprint density at radius 2 is 1.56 bits per heavy atom. The van der Waals surface area contributed by atoms with Crippen molar-refractivity contribution in [3.05, 3.63) is 71.8 Å². The molecular weight excluding hydrogens is 318 g/mol. The van der Waals surface area contributed by atoms with E-state index in [1.807, 2.05) is 36.4 Å². The molecule has 2 aromatic carbocycles. The van der Waals surface area contributed by atoms with Gasteiger partial charge in [-0.1, -0.05) is 60.7 Å². The molecule has 0 aliphatic heterocycles. The summed E-state index contributed by atoms with van der Waals surface area (Å²) in [5.74, 6) is -1.27. The largest absolute Gasteiger partial charge is 0.466 e. The van der Waals surface area contributed by atoms with E-state index in [1.54, 1.807) is 31.2 Å². The van der Waals surface area contributed by atoms with Gasteiger partial charge in [-0.05, 0) is 18.1 Å². The van der Waals surface area contributed by atoms with E-state index >= 15 is 0 Å². The molecule has 5 nitrogen and oxygen atoms in total. The molecule has 0 fully saturated rings. The van der Waals surface area contributed by atoms with Gasteiger partial charge in [-0.15, -0.1) is 0 Å². The predicted octanol–water partition coefficient (Wildman–Crippen LogP) is 2.61. The van der Waals surface area contributed by atoms with Crippen LogP contribution in [0.1, 0.15) is 30.5 Å². The first-order chi connectivity index (χ1) is 12.1. The zero-order valence-electron chi connectivity index (χ0n) is 14.1. The van der Waals surface area contributed by atoms with Crippen LogP contribution in [0.25, 0.3) is 0 Å². The Labute approximate surface area is 147 Å². The standard InChI is InChI=1S/C20H21NO4/c1-2-25-19(24)14-17(22)20(16-11-7-4-8-12-16)21-18(23)13-15-9-5-3-6-10-15/h3-12,20H,2,13-14H2,1H3,(H,21,23). The monoisotopic (exact) mass is 339 g/mol. The van der Waals surface area contributed by atoms with Crippen molar-refractivity contribution in [2.24, 2.45) is 0 Å². The summed E-state index contributed by atoms with van der Waals surface area (Å²) in [5.41, 5.74) is 1.49. The van der Waals surface area contributed by atoms with Crippen molar-refractivity contribution < 1.29 is 19.1 Å². The lowest BCUT2D eigenvalue weighted by molar-refractivity contribution is -0.146. The molecule has 0 aromatic heterocycles. The Morgan fingerprint density at radius 1 is 0.960 bits per heavy atom. The topological polar surface area (TPSA) is 72.5 Å². The summed E-state index contributed by atoms with van der Waals surface area (Å²) < 4.78 is 4.83. The van der Waals surface area contributed by atoms with Crippen molar-refractivity contribution in [2.75, 3.05) is 6.61 Å². The van der Waals surface area contributed by atoms with Crippen LogP contribution in [0.2, 0.25) is 0 Å². The number of ether oxygens (including phenoxy) is 1. The van der Waals surface area contributed by atoms with Crippen molar-refractivity contribution in [3.8, 4) is 0 Å². The molecule has 1 atom stereocenters. The minimum Gasteiger partial charge on any atom is -0.466 e. The summed E-state index contributed by atoms with van der Waals surface area (Å²) in [7, 11) is 0. The first kappa shape index (κ1) is 18.4. The Kier molecular flexibility index (Phi) is 6.89. The van der Waals surface area contributed by atoms with Crippen LogP contribution in [0.3, 0.4) is 0 Å². The quantitative estimate of drug-likeness (QED) is 0.593. The lowest BCUT2D eigenvalue weighted by Gasteiger charge is -2.18. The molecule has 0 saturated carbocycles. The summed E-state index contributed by atoms with van der Waals surface area (Å²) in [6.45, 7) is 1.89. The van der Waals surface area contributed by atoms with Gasteiger partial charge in [0.1, 0.15) is 12.5 Å². The van der Waals surface area contributed by atoms with Crippen LogP contribution in [0.15, 0.2) is 60.7 Å². The van der Waals surface area contributed by atoms with Crippen molar-refractivity contribution in [1.29, 1.82) is 0 Å². The fourth-order valence-electron chi connectivity index (χ4n) is 2.44. The number of carbonyl (C=O) groups is 3. The van der Waals surface area contributed by atoms with Crippen LogP contribution >= 0.6 is 0 Å². The average molecular weight is 339 g/mol. The Balaban J connectivity index is 2.10. The SMILES string of the molecule is CCOC(=O)CC(=O)C(NC(=O)Cc1ccccc1)c1ccccc1. The molecule has 0 radical (unpaired) electrons. The van der Waals surface area contributed by atoms with Gasteiger partial charge in [0, 0.05) is 0 Å². The van der Waals surface area contributed by atoms with E-state index in [9.17, 15) is 14.4 Å². The minimum absolute atomic E-state index is 0.164. The highest BCUT2D eigenvalue weighted by molar-refractivity contribution is 6.00. The molecule has 0 spiro atoms. The van der Waals surface area contributed by atoms with Crippen LogP contribution in [-0.2, 0) is 25.5 Å². The molecule has 1 N–H and O–H groups in total. The smallest absolute Gasteiger partial charge is 0.313 e. The lowest BCUT2D eigenvalue weighted by atomic mass is 10.00. The normalized spacial score (nSPS) is 11.4. The highest BCUT2D eigenvalue weighted by atomic mass is 16.5. The van der Waals surface area contributed by atoms with E-state index in [4.69, 9.17) is 4.74 Å². The van der Waals surface area contributed by atoms with E-state index in [0.717, 1.165) is 5.56 Å². The second-order valence-electron chi connectivity index (χ2n) is 5.52. The number of rotatable bonds is 8. The van der Waals surface area contributed by atoms with Gasteiger partial charge in [-0.25, -0.2) is 0 Å². The Hall–Kier alpha value is -2.95. The molecule has 25 heavy (non-hydrogen) atoms. The molecule has 2 rings (SSSR count). The molecule has 0 heterocycles. The number of Topliss-reactive ketones (excluding diaryl/α,β-unsaturated/α-hetero) is 1. The van der Waals surface area contributed by atoms with E-state index in [-0.39, 0.29) is 25.4 Å². The summed E-state index contributed by atoms with van der Waals surface area (Å²) >= 11 is 0. The molecule has 1 unspecified atom stereocenters. The highest BCUT2D eigenvalue weighted by Crippen LogP contribution is 2.16. The third-order valence-corrected chi connectivity index (χ3v) is 3.59. The maximum atomic E-state index is 12.5. The fourth-order valence-corrected chi connectivity index (χ4v) is 2.44. The van der Waals surface area contributed by atoms with Crippen LogP contribution in [0.4, 0.5) is 0 Å². The zero-order chi connectivity index (χ0) is 18.1. The second kappa shape index (κ2) is 9.37. The number of hydrogen-bond donors (Lipinski definition) is 1. The van der Waals surface area contributed by atoms with Gasteiger partial charge < -0.3 is 10.1 Å². The fraction of sp³-hybridized carbons (Fsp3) is 0.250. The predicted molar refractivity (Wildman–Crippen MR) is 93.7 cm³/mol. The summed E-state index contributed by atoms with van der Waals surface area (Å²) in [6.07, 6.45) is -0.212. The van der Waals surface area contributed by atoms with Crippen molar-refractivity contribution in [2.45, 2.75) is 25.8 Å². The third kappa shape index (κ3) is 5.88. The van der Waals surface area contributed by atoms with Gasteiger partial charge in [-0.2, -0.15) is 0 Å². The molecule has 130 valence electrons. The molecule has 0 saturated heterocycles. The van der Waals surface area contributed by atoms with Crippen molar-refractivity contribution in [1.82, 2.24) is 5.32 Å². The van der Waals surface area contributed by atoms with E-state index in [0.29, 0.717) is 5.56 Å². The minimum atomic E-state index is -0.873. The van der Waals surface area contributed by atoms with Gasteiger partial charge in [0.05, 0.1) is 13.0 Å². The number of esters is 1. The number of carbonyl (C=O) groups excluding carboxylic acids is 3. The van der Waals surface area contributed by atoms with Gasteiger partial charge in [-0.3, -0.25) is 14.4 Å².